The standard InChI is InChI=1S/C24H22N4O2/c1-4-15-27-20-7-5-6-8-21(20)28-24(27)23(16(2)26-28)22(30)14-11-18-9-12-19(13-10-18)25-17(3)29/h4-14H,1,15H2,2-3H3,(H,25,29)/b14-11+. The molecule has 0 unspecified atom stereocenters. The van der Waals surface area contributed by atoms with Gasteiger partial charge in [-0.25, -0.2) is 4.52 Å². The molecule has 0 aliphatic carbocycles. The van der Waals surface area contributed by atoms with Crippen LogP contribution in [0, 0.1) is 6.92 Å². The molecule has 0 bridgehead atoms. The summed E-state index contributed by atoms with van der Waals surface area (Å²) in [5.41, 5.74) is 5.58. The van der Waals surface area contributed by atoms with Crippen LogP contribution in [0.3, 0.4) is 0 Å². The van der Waals surface area contributed by atoms with Crippen molar-refractivity contribution in [3.8, 4) is 0 Å². The zero-order valence-corrected chi connectivity index (χ0v) is 16.9. The maximum absolute atomic E-state index is 13.1. The zero-order chi connectivity index (χ0) is 21.3. The predicted octanol–water partition coefficient (Wildman–Crippen LogP) is 4.64. The third kappa shape index (κ3) is 3.43. The van der Waals surface area contributed by atoms with E-state index >= 15 is 0 Å². The Morgan fingerprint density at radius 3 is 2.47 bits per heavy atom. The molecule has 2 heterocycles. The third-order valence-corrected chi connectivity index (χ3v) is 4.91. The lowest BCUT2D eigenvalue weighted by Gasteiger charge is -2.04. The van der Waals surface area contributed by atoms with Gasteiger partial charge in [-0.1, -0.05) is 36.4 Å². The van der Waals surface area contributed by atoms with Gasteiger partial charge in [0.1, 0.15) is 5.65 Å². The Hall–Kier alpha value is -3.93. The number of aryl methyl sites for hydroxylation is 1. The summed E-state index contributed by atoms with van der Waals surface area (Å²) in [6.07, 6.45) is 5.14. The van der Waals surface area contributed by atoms with Gasteiger partial charge in [-0.2, -0.15) is 5.10 Å². The Bertz CT molecular complexity index is 1310. The van der Waals surface area contributed by atoms with Crippen LogP contribution in [0.5, 0.6) is 0 Å². The predicted molar refractivity (Wildman–Crippen MR) is 120 cm³/mol. The van der Waals surface area contributed by atoms with Gasteiger partial charge in [-0.15, -0.1) is 6.58 Å². The highest BCUT2D eigenvalue weighted by Crippen LogP contribution is 2.26. The number of nitrogens with zero attached hydrogens (tertiary/aromatic N) is 3. The summed E-state index contributed by atoms with van der Waals surface area (Å²) in [5, 5.41) is 7.35. The highest BCUT2D eigenvalue weighted by molar-refractivity contribution is 6.12. The Kier molecular flexibility index (Phi) is 5.06. The van der Waals surface area contributed by atoms with Gasteiger partial charge in [-0.3, -0.25) is 9.59 Å². The second-order valence-corrected chi connectivity index (χ2v) is 7.08. The number of hydrogen-bond donors (Lipinski definition) is 1. The number of amides is 1. The van der Waals surface area contributed by atoms with Crippen molar-refractivity contribution in [3.63, 3.8) is 0 Å². The molecule has 0 aliphatic rings. The van der Waals surface area contributed by atoms with Crippen LogP contribution in [0.25, 0.3) is 22.8 Å². The number of anilines is 1. The lowest BCUT2D eigenvalue weighted by Crippen LogP contribution is -2.05. The highest BCUT2D eigenvalue weighted by Gasteiger charge is 2.21. The molecule has 150 valence electrons. The number of benzene rings is 2. The van der Waals surface area contributed by atoms with Crippen LogP contribution in [-0.4, -0.2) is 25.9 Å². The number of hydrogen-bond acceptors (Lipinski definition) is 3. The fraction of sp³-hybridized carbons (Fsp3) is 0.125. The van der Waals surface area contributed by atoms with E-state index in [1.807, 2.05) is 53.9 Å². The first-order valence-corrected chi connectivity index (χ1v) is 9.67. The molecule has 0 saturated carbocycles. The number of fused-ring (bicyclic) bond motifs is 3. The van der Waals surface area contributed by atoms with Crippen molar-refractivity contribution in [1.29, 1.82) is 0 Å². The number of allylic oxidation sites excluding steroid dienone is 2. The number of rotatable bonds is 6. The second-order valence-electron chi connectivity index (χ2n) is 7.08. The summed E-state index contributed by atoms with van der Waals surface area (Å²) < 4.78 is 3.89. The topological polar surface area (TPSA) is 68.4 Å². The molecule has 30 heavy (non-hydrogen) atoms. The van der Waals surface area contributed by atoms with E-state index in [0.717, 1.165) is 22.2 Å². The lowest BCUT2D eigenvalue weighted by atomic mass is 10.1. The molecule has 4 rings (SSSR count). The molecule has 0 spiro atoms. The first-order chi connectivity index (χ1) is 14.5. The van der Waals surface area contributed by atoms with E-state index < -0.39 is 0 Å². The van der Waals surface area contributed by atoms with Crippen LogP contribution in [0.4, 0.5) is 5.69 Å². The van der Waals surface area contributed by atoms with Gasteiger partial charge >= 0.3 is 0 Å². The Balaban J connectivity index is 1.73. The van der Waals surface area contributed by atoms with Gasteiger partial charge in [0.2, 0.25) is 5.91 Å². The maximum Gasteiger partial charge on any atom is 0.221 e. The smallest absolute Gasteiger partial charge is 0.221 e. The molecular weight excluding hydrogens is 376 g/mol. The fourth-order valence-corrected chi connectivity index (χ4v) is 3.66. The summed E-state index contributed by atoms with van der Waals surface area (Å²) in [6.45, 7) is 7.75. The van der Waals surface area contributed by atoms with E-state index in [4.69, 9.17) is 0 Å². The number of aromatic nitrogens is 3. The molecule has 2 aromatic heterocycles. The Morgan fingerprint density at radius 2 is 1.80 bits per heavy atom. The van der Waals surface area contributed by atoms with Gasteiger partial charge in [-0.05, 0) is 42.8 Å². The highest BCUT2D eigenvalue weighted by atomic mass is 16.1. The first-order valence-electron chi connectivity index (χ1n) is 9.67. The minimum atomic E-state index is -0.121. The number of imidazole rings is 1. The molecule has 1 amide bonds. The van der Waals surface area contributed by atoms with E-state index in [9.17, 15) is 9.59 Å². The van der Waals surface area contributed by atoms with Crippen molar-refractivity contribution in [2.24, 2.45) is 0 Å². The first kappa shape index (κ1) is 19.4. The van der Waals surface area contributed by atoms with Crippen LogP contribution >= 0.6 is 0 Å². The van der Waals surface area contributed by atoms with Gasteiger partial charge in [0.15, 0.2) is 5.78 Å². The molecule has 0 aliphatic heterocycles. The van der Waals surface area contributed by atoms with E-state index in [1.165, 1.54) is 6.92 Å². The van der Waals surface area contributed by atoms with Gasteiger partial charge in [0.25, 0.3) is 0 Å². The fourth-order valence-electron chi connectivity index (χ4n) is 3.66. The number of nitrogens with one attached hydrogen (secondary N) is 1. The number of ketones is 1. The van der Waals surface area contributed by atoms with Crippen LogP contribution in [-0.2, 0) is 11.3 Å². The summed E-state index contributed by atoms with van der Waals surface area (Å²) in [7, 11) is 0. The largest absolute Gasteiger partial charge is 0.326 e. The molecule has 6 nitrogen and oxygen atoms in total. The lowest BCUT2D eigenvalue weighted by molar-refractivity contribution is -0.114. The van der Waals surface area contributed by atoms with Crippen molar-refractivity contribution in [2.45, 2.75) is 20.4 Å². The quantitative estimate of drug-likeness (QED) is 0.292. The molecule has 2 aromatic carbocycles. The van der Waals surface area contributed by atoms with Crippen LogP contribution in [0.15, 0.2) is 67.3 Å². The SMILES string of the molecule is C=CCn1c2ccccc2n2nc(C)c(C(=O)/C=C/c3ccc(NC(C)=O)cc3)c12. The van der Waals surface area contributed by atoms with E-state index in [-0.39, 0.29) is 11.7 Å². The van der Waals surface area contributed by atoms with Crippen molar-refractivity contribution >= 4 is 40.1 Å². The summed E-state index contributed by atoms with van der Waals surface area (Å²) in [5.74, 6) is -0.231. The molecule has 0 fully saturated rings. The molecule has 0 radical (unpaired) electrons. The maximum atomic E-state index is 13.1. The van der Waals surface area contributed by atoms with Gasteiger partial charge in [0.05, 0.1) is 22.3 Å². The van der Waals surface area contributed by atoms with Crippen molar-refractivity contribution in [3.05, 3.63) is 84.1 Å². The molecular formula is C24H22N4O2. The third-order valence-electron chi connectivity index (χ3n) is 4.91. The van der Waals surface area contributed by atoms with Crippen molar-refractivity contribution < 1.29 is 9.59 Å². The molecule has 1 N–H and O–H groups in total. The van der Waals surface area contributed by atoms with Crippen LogP contribution in [0.2, 0.25) is 0 Å². The molecule has 4 aromatic rings. The van der Waals surface area contributed by atoms with Gasteiger partial charge < -0.3 is 9.88 Å². The summed E-state index contributed by atoms with van der Waals surface area (Å²) in [4.78, 5) is 24.3. The van der Waals surface area contributed by atoms with Gasteiger partial charge in [0, 0.05) is 19.2 Å². The normalized spacial score (nSPS) is 11.4. The Labute approximate surface area is 174 Å². The second kappa shape index (κ2) is 7.83. The van der Waals surface area contributed by atoms with Crippen LogP contribution in [0.1, 0.15) is 28.5 Å². The van der Waals surface area contributed by atoms with E-state index in [1.54, 1.807) is 24.3 Å². The zero-order valence-electron chi connectivity index (χ0n) is 16.9. The minimum absolute atomic E-state index is 0.110. The Morgan fingerprint density at radius 1 is 1.10 bits per heavy atom. The van der Waals surface area contributed by atoms with E-state index in [2.05, 4.69) is 21.6 Å². The summed E-state index contributed by atoms with van der Waals surface area (Å²) >= 11 is 0. The molecule has 6 heteroatoms. The average Bonchev–Trinajstić information content (AvgIpc) is 3.21. The van der Waals surface area contributed by atoms with E-state index in [0.29, 0.717) is 23.5 Å². The monoisotopic (exact) mass is 398 g/mol. The van der Waals surface area contributed by atoms with Crippen molar-refractivity contribution in [2.75, 3.05) is 5.32 Å². The summed E-state index contributed by atoms with van der Waals surface area (Å²) in [6, 6.07) is 15.3. The average molecular weight is 398 g/mol. The number of carbonyl (C=O) groups excluding carboxylic acids is 2. The number of carbonyl (C=O) groups is 2. The number of para-hydroxylation sites is 2. The van der Waals surface area contributed by atoms with Crippen molar-refractivity contribution in [1.82, 2.24) is 14.2 Å². The minimum Gasteiger partial charge on any atom is -0.326 e. The molecule has 0 saturated heterocycles. The molecule has 0 atom stereocenters. The van der Waals surface area contributed by atoms with Crippen LogP contribution < -0.4 is 5.32 Å².